The van der Waals surface area contributed by atoms with Crippen molar-refractivity contribution < 1.29 is 9.53 Å². The molecule has 1 fully saturated rings. The number of aromatic nitrogens is 1. The van der Waals surface area contributed by atoms with Gasteiger partial charge in [0.15, 0.2) is 0 Å². The monoisotopic (exact) mass is 235 g/mol. The third-order valence-corrected chi connectivity index (χ3v) is 2.82. The average Bonchev–Trinajstić information content (AvgIpc) is 2.83. The van der Waals surface area contributed by atoms with E-state index in [4.69, 9.17) is 4.74 Å². The van der Waals surface area contributed by atoms with Crippen LogP contribution in [-0.4, -0.2) is 38.2 Å². The molecule has 1 amide bonds. The SMILES string of the molecule is CN(C)c1ccc(NC(=O)C2CCOC2)nc1. The summed E-state index contributed by atoms with van der Waals surface area (Å²) in [5.41, 5.74) is 1.01. The molecule has 1 aliphatic heterocycles. The molecule has 1 aromatic heterocycles. The molecule has 1 N–H and O–H groups in total. The summed E-state index contributed by atoms with van der Waals surface area (Å²) in [5, 5.41) is 2.80. The maximum absolute atomic E-state index is 11.8. The fourth-order valence-corrected chi connectivity index (χ4v) is 1.69. The summed E-state index contributed by atoms with van der Waals surface area (Å²) < 4.78 is 5.18. The largest absolute Gasteiger partial charge is 0.381 e. The zero-order chi connectivity index (χ0) is 12.3. The molecule has 92 valence electrons. The third kappa shape index (κ3) is 2.94. The molecular weight excluding hydrogens is 218 g/mol. The lowest BCUT2D eigenvalue weighted by molar-refractivity contribution is -0.119. The Morgan fingerprint density at radius 1 is 1.53 bits per heavy atom. The minimum atomic E-state index is -0.0367. The van der Waals surface area contributed by atoms with E-state index in [0.717, 1.165) is 12.1 Å². The van der Waals surface area contributed by atoms with Gasteiger partial charge in [0.25, 0.3) is 0 Å². The van der Waals surface area contributed by atoms with Crippen molar-refractivity contribution in [3.05, 3.63) is 18.3 Å². The number of amides is 1. The first-order valence-electron chi connectivity index (χ1n) is 5.69. The molecule has 2 heterocycles. The second kappa shape index (κ2) is 5.14. The van der Waals surface area contributed by atoms with Crippen LogP contribution in [0.5, 0.6) is 0 Å². The third-order valence-electron chi connectivity index (χ3n) is 2.82. The highest BCUT2D eigenvalue weighted by Gasteiger charge is 2.23. The van der Waals surface area contributed by atoms with Crippen molar-refractivity contribution in [3.63, 3.8) is 0 Å². The molecule has 1 aromatic rings. The van der Waals surface area contributed by atoms with Gasteiger partial charge in [-0.25, -0.2) is 4.98 Å². The molecule has 0 saturated carbocycles. The van der Waals surface area contributed by atoms with Crippen LogP contribution in [0.25, 0.3) is 0 Å². The summed E-state index contributed by atoms with van der Waals surface area (Å²) in [6, 6.07) is 3.73. The Hall–Kier alpha value is -1.62. The maximum atomic E-state index is 11.8. The molecule has 0 bridgehead atoms. The van der Waals surface area contributed by atoms with Gasteiger partial charge in [-0.3, -0.25) is 4.79 Å². The summed E-state index contributed by atoms with van der Waals surface area (Å²) in [6.07, 6.45) is 2.53. The quantitative estimate of drug-likeness (QED) is 0.853. The first kappa shape index (κ1) is 11.9. The van der Waals surface area contributed by atoms with E-state index in [1.54, 1.807) is 6.20 Å². The van der Waals surface area contributed by atoms with Gasteiger partial charge in [-0.15, -0.1) is 0 Å². The lowest BCUT2D eigenvalue weighted by atomic mass is 10.1. The Kier molecular flexibility index (Phi) is 3.58. The molecule has 0 spiro atoms. The van der Waals surface area contributed by atoms with Crippen molar-refractivity contribution in [1.29, 1.82) is 0 Å². The predicted molar refractivity (Wildman–Crippen MR) is 66.1 cm³/mol. The predicted octanol–water partition coefficient (Wildman–Crippen LogP) is 1.12. The van der Waals surface area contributed by atoms with E-state index in [2.05, 4.69) is 10.3 Å². The Bertz CT molecular complexity index is 383. The highest BCUT2D eigenvalue weighted by Crippen LogP contribution is 2.16. The fraction of sp³-hybridized carbons (Fsp3) is 0.500. The van der Waals surface area contributed by atoms with Crippen molar-refractivity contribution >= 4 is 17.4 Å². The van der Waals surface area contributed by atoms with Crippen LogP contribution in [0.15, 0.2) is 18.3 Å². The van der Waals surface area contributed by atoms with Gasteiger partial charge in [0.2, 0.25) is 5.91 Å². The number of nitrogens with zero attached hydrogens (tertiary/aromatic N) is 2. The minimum absolute atomic E-state index is 0.00685. The zero-order valence-corrected chi connectivity index (χ0v) is 10.1. The molecule has 1 atom stereocenters. The fourth-order valence-electron chi connectivity index (χ4n) is 1.69. The van der Waals surface area contributed by atoms with E-state index in [-0.39, 0.29) is 11.8 Å². The van der Waals surface area contributed by atoms with Crippen molar-refractivity contribution in [2.45, 2.75) is 6.42 Å². The van der Waals surface area contributed by atoms with E-state index in [0.29, 0.717) is 19.0 Å². The second-order valence-electron chi connectivity index (χ2n) is 4.35. The first-order chi connectivity index (χ1) is 8.16. The van der Waals surface area contributed by atoms with Crippen LogP contribution in [0.2, 0.25) is 0 Å². The molecule has 2 rings (SSSR count). The summed E-state index contributed by atoms with van der Waals surface area (Å²) in [4.78, 5) is 18.0. The number of hydrogen-bond acceptors (Lipinski definition) is 4. The van der Waals surface area contributed by atoms with E-state index in [1.165, 1.54) is 0 Å². The van der Waals surface area contributed by atoms with Gasteiger partial charge < -0.3 is 15.0 Å². The van der Waals surface area contributed by atoms with Gasteiger partial charge >= 0.3 is 0 Å². The number of anilines is 2. The van der Waals surface area contributed by atoms with Gasteiger partial charge in [0.1, 0.15) is 5.82 Å². The van der Waals surface area contributed by atoms with Gasteiger partial charge in [-0.05, 0) is 18.6 Å². The van der Waals surface area contributed by atoms with Crippen molar-refractivity contribution in [1.82, 2.24) is 4.98 Å². The highest BCUT2D eigenvalue weighted by molar-refractivity contribution is 5.92. The maximum Gasteiger partial charge on any atom is 0.231 e. The molecule has 0 aliphatic carbocycles. The standard InChI is InChI=1S/C12H17N3O2/c1-15(2)10-3-4-11(13-7-10)14-12(16)9-5-6-17-8-9/h3-4,7,9H,5-6,8H2,1-2H3,(H,13,14,16). The molecule has 5 heteroatoms. The number of ether oxygens (including phenoxy) is 1. The zero-order valence-electron chi connectivity index (χ0n) is 10.1. The van der Waals surface area contributed by atoms with Crippen LogP contribution in [0, 0.1) is 5.92 Å². The van der Waals surface area contributed by atoms with Gasteiger partial charge in [0.05, 0.1) is 24.4 Å². The van der Waals surface area contributed by atoms with Crippen LogP contribution in [0.1, 0.15) is 6.42 Å². The molecule has 17 heavy (non-hydrogen) atoms. The lowest BCUT2D eigenvalue weighted by Crippen LogP contribution is -2.23. The van der Waals surface area contributed by atoms with Gasteiger partial charge in [-0.2, -0.15) is 0 Å². The van der Waals surface area contributed by atoms with Crippen molar-refractivity contribution in [3.8, 4) is 0 Å². The van der Waals surface area contributed by atoms with Crippen LogP contribution in [0.4, 0.5) is 11.5 Å². The number of pyridine rings is 1. The average molecular weight is 235 g/mol. The Morgan fingerprint density at radius 2 is 2.35 bits per heavy atom. The second-order valence-corrected chi connectivity index (χ2v) is 4.35. The number of carbonyl (C=O) groups excluding carboxylic acids is 1. The van der Waals surface area contributed by atoms with Gasteiger partial charge in [0, 0.05) is 20.7 Å². The summed E-state index contributed by atoms with van der Waals surface area (Å²) in [5.74, 6) is 0.547. The summed E-state index contributed by atoms with van der Waals surface area (Å²) >= 11 is 0. The molecule has 0 radical (unpaired) electrons. The minimum Gasteiger partial charge on any atom is -0.381 e. The van der Waals surface area contributed by atoms with Crippen LogP contribution in [-0.2, 0) is 9.53 Å². The van der Waals surface area contributed by atoms with Crippen molar-refractivity contribution in [2.24, 2.45) is 5.92 Å². The van der Waals surface area contributed by atoms with E-state index < -0.39 is 0 Å². The van der Waals surface area contributed by atoms with Crippen LogP contribution < -0.4 is 10.2 Å². The van der Waals surface area contributed by atoms with E-state index >= 15 is 0 Å². The molecule has 1 saturated heterocycles. The van der Waals surface area contributed by atoms with Crippen LogP contribution in [0.3, 0.4) is 0 Å². The van der Waals surface area contributed by atoms with Crippen LogP contribution >= 0.6 is 0 Å². The Morgan fingerprint density at radius 3 is 2.88 bits per heavy atom. The molecule has 0 aromatic carbocycles. The normalized spacial score (nSPS) is 19.1. The molecule has 1 unspecified atom stereocenters. The molecular formula is C12H17N3O2. The number of rotatable bonds is 3. The topological polar surface area (TPSA) is 54.5 Å². The van der Waals surface area contributed by atoms with Crippen molar-refractivity contribution in [2.75, 3.05) is 37.5 Å². The lowest BCUT2D eigenvalue weighted by Gasteiger charge is -2.13. The Balaban J connectivity index is 1.96. The first-order valence-corrected chi connectivity index (χ1v) is 5.69. The number of hydrogen-bond donors (Lipinski definition) is 1. The molecule has 1 aliphatic rings. The summed E-state index contributed by atoms with van der Waals surface area (Å²) in [7, 11) is 3.90. The van der Waals surface area contributed by atoms with Gasteiger partial charge in [-0.1, -0.05) is 0 Å². The highest BCUT2D eigenvalue weighted by atomic mass is 16.5. The number of nitrogens with one attached hydrogen (secondary N) is 1. The van der Waals surface area contributed by atoms with E-state index in [9.17, 15) is 4.79 Å². The van der Waals surface area contributed by atoms with E-state index in [1.807, 2.05) is 31.1 Å². The molecule has 5 nitrogen and oxygen atoms in total. The smallest absolute Gasteiger partial charge is 0.231 e. The number of carbonyl (C=O) groups is 1. The summed E-state index contributed by atoms with van der Waals surface area (Å²) in [6.45, 7) is 1.19. The Labute approximate surface area is 101 Å².